The van der Waals surface area contributed by atoms with Gasteiger partial charge < -0.3 is 20.0 Å². The maximum Gasteiger partial charge on any atom is 0.431 e. The number of rotatable bonds is 4. The Hall–Kier alpha value is -2.63. The molecule has 0 fully saturated rings. The Kier molecular flexibility index (Phi) is 5.51. The van der Waals surface area contributed by atoms with Gasteiger partial charge in [0.2, 0.25) is 4.77 Å². The van der Waals surface area contributed by atoms with Crippen LogP contribution in [0, 0.1) is 9.54 Å². The van der Waals surface area contributed by atoms with E-state index in [2.05, 4.69) is 25.0 Å². The van der Waals surface area contributed by atoms with Gasteiger partial charge in [0.25, 0.3) is 5.91 Å². The van der Waals surface area contributed by atoms with Gasteiger partial charge in [0.05, 0.1) is 0 Å². The first-order valence-corrected chi connectivity index (χ1v) is 6.97. The molecule has 2 rings (SSSR count). The Labute approximate surface area is 139 Å². The number of amides is 2. The van der Waals surface area contributed by atoms with E-state index >= 15 is 0 Å². The molecule has 2 aromatic rings. The molecule has 0 bridgehead atoms. The number of carbonyl (C=O) groups excluding carboxylic acids is 2. The minimum absolute atomic E-state index is 0.238. The molecule has 0 aliphatic carbocycles. The first kappa shape index (κ1) is 16.7. The van der Waals surface area contributed by atoms with Crippen molar-refractivity contribution in [2.75, 3.05) is 11.9 Å². The van der Waals surface area contributed by atoms with Crippen molar-refractivity contribution < 1.29 is 19.5 Å². The number of nitrogens with zero attached hydrogens (tertiary/aromatic N) is 1. The van der Waals surface area contributed by atoms with E-state index in [1.165, 1.54) is 5.48 Å². The quantitative estimate of drug-likeness (QED) is 0.322. The highest BCUT2D eigenvalue weighted by molar-refractivity contribution is 7.71. The molecule has 9 nitrogen and oxygen atoms in total. The zero-order valence-corrected chi connectivity index (χ0v) is 13.1. The van der Waals surface area contributed by atoms with Crippen LogP contribution in [0.2, 0.25) is 0 Å². The Balaban J connectivity index is 2.13. The number of hydrogen-bond acceptors (Lipinski definition) is 7. The van der Waals surface area contributed by atoms with Crippen LogP contribution in [0.3, 0.4) is 0 Å². The third-order valence-corrected chi connectivity index (χ3v) is 2.91. The number of hydrogen-bond donors (Lipinski definition) is 5. The first-order chi connectivity index (χ1) is 11.0. The number of benzene rings is 1. The lowest BCUT2D eigenvalue weighted by Gasteiger charge is -2.07. The van der Waals surface area contributed by atoms with E-state index < -0.39 is 18.6 Å². The second kappa shape index (κ2) is 7.58. The molecule has 0 aliphatic rings. The number of aromatic amines is 2. The van der Waals surface area contributed by atoms with Crippen LogP contribution in [0.4, 0.5) is 10.5 Å². The molecule has 11 heteroatoms. The molecule has 0 radical (unpaired) electrons. The summed E-state index contributed by atoms with van der Waals surface area (Å²) < 4.78 is 4.98. The molecule has 5 N–H and O–H groups in total. The SMILES string of the molecule is O=C(COC(=O)NO)Nc1cccc(-c2nc(=S)[nH]c(=S)[nH]2)c1. The van der Waals surface area contributed by atoms with E-state index in [4.69, 9.17) is 29.6 Å². The number of hydroxylamine groups is 1. The molecule has 0 spiro atoms. The summed E-state index contributed by atoms with van der Waals surface area (Å²) in [5, 5.41) is 10.8. The third-order valence-electron chi connectivity index (χ3n) is 2.51. The van der Waals surface area contributed by atoms with Crippen molar-refractivity contribution in [2.24, 2.45) is 0 Å². The van der Waals surface area contributed by atoms with Crippen molar-refractivity contribution in [2.45, 2.75) is 0 Å². The van der Waals surface area contributed by atoms with Gasteiger partial charge in [-0.05, 0) is 36.6 Å². The van der Waals surface area contributed by atoms with Crippen molar-refractivity contribution in [1.82, 2.24) is 20.4 Å². The summed E-state index contributed by atoms with van der Waals surface area (Å²) in [5.74, 6) is -0.122. The van der Waals surface area contributed by atoms with E-state index in [9.17, 15) is 9.59 Å². The number of anilines is 1. The largest absolute Gasteiger partial charge is 0.438 e. The molecular weight excluding hydrogens is 342 g/mol. The van der Waals surface area contributed by atoms with Gasteiger partial charge in [-0.25, -0.2) is 15.3 Å². The van der Waals surface area contributed by atoms with Gasteiger partial charge in [-0.1, -0.05) is 12.1 Å². The molecule has 0 unspecified atom stereocenters. The monoisotopic (exact) mass is 353 g/mol. The van der Waals surface area contributed by atoms with Gasteiger partial charge in [-0.2, -0.15) is 0 Å². The highest BCUT2D eigenvalue weighted by Gasteiger charge is 2.08. The Morgan fingerprint density at radius 1 is 1.30 bits per heavy atom. The zero-order chi connectivity index (χ0) is 16.8. The maximum atomic E-state index is 11.6. The molecular formula is C12H11N5O4S2. The fourth-order valence-corrected chi connectivity index (χ4v) is 2.09. The van der Waals surface area contributed by atoms with E-state index in [1.807, 2.05) is 0 Å². The fourth-order valence-electron chi connectivity index (χ4n) is 1.63. The summed E-state index contributed by atoms with van der Waals surface area (Å²) >= 11 is 9.96. The topological polar surface area (TPSA) is 132 Å². The minimum atomic E-state index is -1.12. The second-order valence-electron chi connectivity index (χ2n) is 4.16. The lowest BCUT2D eigenvalue weighted by molar-refractivity contribution is -0.119. The van der Waals surface area contributed by atoms with E-state index in [1.54, 1.807) is 24.3 Å². The summed E-state index contributed by atoms with van der Waals surface area (Å²) in [7, 11) is 0. The lowest BCUT2D eigenvalue weighted by Crippen LogP contribution is -2.26. The molecule has 0 saturated heterocycles. The van der Waals surface area contributed by atoms with Crippen LogP contribution in [0.15, 0.2) is 24.3 Å². The number of aromatic nitrogens is 3. The predicted molar refractivity (Wildman–Crippen MR) is 84.9 cm³/mol. The van der Waals surface area contributed by atoms with E-state index in [-0.39, 0.29) is 4.77 Å². The van der Waals surface area contributed by atoms with Crippen LogP contribution in [-0.2, 0) is 9.53 Å². The number of H-pyrrole nitrogens is 2. The van der Waals surface area contributed by atoms with Crippen LogP contribution in [0.1, 0.15) is 0 Å². The normalized spacial score (nSPS) is 9.96. The second-order valence-corrected chi connectivity index (χ2v) is 4.96. The first-order valence-electron chi connectivity index (χ1n) is 6.16. The third kappa shape index (κ3) is 4.95. The van der Waals surface area contributed by atoms with Crippen molar-refractivity contribution in [3.63, 3.8) is 0 Å². The number of ether oxygens (including phenoxy) is 1. The predicted octanol–water partition coefficient (Wildman–Crippen LogP) is 1.92. The summed E-state index contributed by atoms with van der Waals surface area (Å²) in [4.78, 5) is 32.0. The van der Waals surface area contributed by atoms with Crippen LogP contribution in [0.25, 0.3) is 11.4 Å². The van der Waals surface area contributed by atoms with Gasteiger partial charge in [0.15, 0.2) is 11.4 Å². The molecule has 0 saturated carbocycles. The van der Waals surface area contributed by atoms with E-state index in [0.717, 1.165) is 0 Å². The number of nitrogens with one attached hydrogen (secondary N) is 4. The smallest absolute Gasteiger partial charge is 0.431 e. The summed E-state index contributed by atoms with van der Waals surface area (Å²) in [6.07, 6.45) is -1.12. The summed E-state index contributed by atoms with van der Waals surface area (Å²) in [6, 6.07) is 6.75. The van der Waals surface area contributed by atoms with Crippen molar-refractivity contribution >= 4 is 42.1 Å². The van der Waals surface area contributed by atoms with Crippen molar-refractivity contribution in [1.29, 1.82) is 0 Å². The maximum absolute atomic E-state index is 11.6. The van der Waals surface area contributed by atoms with Gasteiger partial charge >= 0.3 is 6.09 Å². The fraction of sp³-hybridized carbons (Fsp3) is 0.0833. The molecule has 23 heavy (non-hydrogen) atoms. The van der Waals surface area contributed by atoms with Crippen LogP contribution in [0.5, 0.6) is 0 Å². The molecule has 120 valence electrons. The standard InChI is InChI=1S/C12H11N5O4S2/c18-8(5-21-12(19)17-20)13-7-3-1-2-6(4-7)9-14-10(22)16-11(23)15-9/h1-4,20H,5H2,(H,13,18)(H,17,19)(H2,14,15,16,22,23). The highest BCUT2D eigenvalue weighted by Crippen LogP contribution is 2.18. The van der Waals surface area contributed by atoms with Crippen LogP contribution >= 0.6 is 24.4 Å². The summed E-state index contributed by atoms with van der Waals surface area (Å²) in [6.45, 7) is -0.548. The summed E-state index contributed by atoms with van der Waals surface area (Å²) in [5.41, 5.74) is 2.36. The van der Waals surface area contributed by atoms with Crippen LogP contribution in [-0.4, -0.2) is 38.8 Å². The van der Waals surface area contributed by atoms with Gasteiger partial charge in [0, 0.05) is 11.3 Å². The average molecular weight is 353 g/mol. The molecule has 1 aromatic heterocycles. The lowest BCUT2D eigenvalue weighted by atomic mass is 10.2. The molecule has 0 atom stereocenters. The molecule has 1 aromatic carbocycles. The van der Waals surface area contributed by atoms with Crippen molar-refractivity contribution in [3.05, 3.63) is 33.8 Å². The zero-order valence-electron chi connectivity index (χ0n) is 11.5. The number of carbonyl (C=O) groups is 2. The van der Waals surface area contributed by atoms with Crippen LogP contribution < -0.4 is 10.8 Å². The Morgan fingerprint density at radius 2 is 2.09 bits per heavy atom. The Morgan fingerprint density at radius 3 is 2.78 bits per heavy atom. The highest BCUT2D eigenvalue weighted by atomic mass is 32.1. The molecule has 1 heterocycles. The Bertz CT molecular complexity index is 819. The molecule has 2 amide bonds. The van der Waals surface area contributed by atoms with Gasteiger partial charge in [0.1, 0.15) is 5.82 Å². The van der Waals surface area contributed by atoms with Crippen molar-refractivity contribution in [3.8, 4) is 11.4 Å². The minimum Gasteiger partial charge on any atom is -0.438 e. The van der Waals surface area contributed by atoms with E-state index in [0.29, 0.717) is 21.8 Å². The molecule has 0 aliphatic heterocycles. The average Bonchev–Trinajstić information content (AvgIpc) is 2.52. The van der Waals surface area contributed by atoms with Gasteiger partial charge in [-0.15, -0.1) is 0 Å². The van der Waals surface area contributed by atoms with Gasteiger partial charge in [-0.3, -0.25) is 10.0 Å².